The first-order chi connectivity index (χ1) is 12.2. The van der Waals surface area contributed by atoms with Gasteiger partial charge in [-0.2, -0.15) is 0 Å². The van der Waals surface area contributed by atoms with Crippen molar-refractivity contribution >= 4 is 22.7 Å². The van der Waals surface area contributed by atoms with E-state index in [1.165, 1.54) is 37.2 Å². The van der Waals surface area contributed by atoms with Gasteiger partial charge in [-0.25, -0.2) is 14.4 Å². The number of nitrogens with zero attached hydrogens (tertiary/aromatic N) is 2. The fraction of sp³-hybridized carbons (Fsp3) is 0.263. The van der Waals surface area contributed by atoms with Crippen LogP contribution in [0.15, 0.2) is 47.6 Å². The number of halogens is 1. The normalized spacial score (nSPS) is 13.8. The minimum Gasteiger partial charge on any atom is -0.494 e. The van der Waals surface area contributed by atoms with Crippen molar-refractivity contribution < 1.29 is 13.9 Å². The lowest BCUT2D eigenvalue weighted by molar-refractivity contribution is 0.297. The first kappa shape index (κ1) is 16.1. The first-order valence-electron chi connectivity index (χ1n) is 8.09. The molecule has 0 bridgehead atoms. The Morgan fingerprint density at radius 1 is 1.20 bits per heavy atom. The van der Waals surface area contributed by atoms with Crippen molar-refractivity contribution in [1.82, 2.24) is 9.97 Å². The van der Waals surface area contributed by atoms with Crippen LogP contribution >= 0.6 is 11.8 Å². The van der Waals surface area contributed by atoms with E-state index >= 15 is 0 Å². The number of rotatable bonds is 6. The highest BCUT2D eigenvalue weighted by Gasteiger charge is 2.22. The summed E-state index contributed by atoms with van der Waals surface area (Å²) >= 11 is 1.91. The molecule has 1 fully saturated rings. The maximum Gasteiger partial charge on any atom is 0.224 e. The minimum atomic E-state index is -0.461. The molecule has 0 amide bonds. The third-order valence-electron chi connectivity index (χ3n) is 3.97. The van der Waals surface area contributed by atoms with Gasteiger partial charge >= 0.3 is 0 Å². The third-order valence-corrected chi connectivity index (χ3v) is 5.30. The molecule has 0 radical (unpaired) electrons. The van der Waals surface area contributed by atoms with E-state index in [9.17, 15) is 4.39 Å². The molecular formula is C19H17FN2O2S. The van der Waals surface area contributed by atoms with Gasteiger partial charge in [0.25, 0.3) is 0 Å². The van der Waals surface area contributed by atoms with Crippen molar-refractivity contribution in [1.29, 1.82) is 0 Å². The molecule has 6 heteroatoms. The summed E-state index contributed by atoms with van der Waals surface area (Å²) in [4.78, 5) is 9.57. The molecule has 25 heavy (non-hydrogen) atoms. The lowest BCUT2D eigenvalue weighted by atomic mass is 10.2. The second kappa shape index (κ2) is 6.88. The molecule has 0 unspecified atom stereocenters. The molecule has 4 nitrogen and oxygen atoms in total. The van der Waals surface area contributed by atoms with Crippen molar-refractivity contribution in [3.63, 3.8) is 0 Å². The summed E-state index contributed by atoms with van der Waals surface area (Å²) in [6.45, 7) is 0.374. The van der Waals surface area contributed by atoms with Gasteiger partial charge in [-0.1, -0.05) is 12.1 Å². The van der Waals surface area contributed by atoms with Gasteiger partial charge in [-0.05, 0) is 36.6 Å². The van der Waals surface area contributed by atoms with E-state index in [0.717, 1.165) is 10.8 Å². The molecule has 1 aliphatic rings. The van der Waals surface area contributed by atoms with Gasteiger partial charge in [0.15, 0.2) is 11.6 Å². The summed E-state index contributed by atoms with van der Waals surface area (Å²) in [5.74, 6) is 0.0613. The highest BCUT2D eigenvalue weighted by Crippen LogP contribution is 2.39. The van der Waals surface area contributed by atoms with Crippen LogP contribution in [0.5, 0.6) is 11.6 Å². The van der Waals surface area contributed by atoms with Gasteiger partial charge in [0.2, 0.25) is 5.88 Å². The molecular weight excluding hydrogens is 339 g/mol. The zero-order valence-electron chi connectivity index (χ0n) is 13.7. The number of benzene rings is 2. The second-order valence-electron chi connectivity index (χ2n) is 5.94. The van der Waals surface area contributed by atoms with Gasteiger partial charge in [-0.3, -0.25) is 0 Å². The van der Waals surface area contributed by atoms with Gasteiger partial charge < -0.3 is 9.47 Å². The largest absolute Gasteiger partial charge is 0.494 e. The van der Waals surface area contributed by atoms with E-state index in [-0.39, 0.29) is 5.75 Å². The van der Waals surface area contributed by atoms with Gasteiger partial charge in [0.1, 0.15) is 12.9 Å². The molecule has 3 aromatic rings. The Morgan fingerprint density at radius 2 is 2.08 bits per heavy atom. The molecule has 0 atom stereocenters. The standard InChI is InChI=1S/C19H17FN2O2S/c1-23-18-9-17-15(8-16(18)20)19(22-11-21-17)24-10-12-3-2-4-14(7-12)25-13-5-6-13/h2-4,7-9,11,13H,5-6,10H2,1H3. The monoisotopic (exact) mass is 356 g/mol. The topological polar surface area (TPSA) is 44.2 Å². The number of hydrogen-bond donors (Lipinski definition) is 0. The number of fused-ring (bicyclic) bond motifs is 1. The van der Waals surface area contributed by atoms with E-state index in [4.69, 9.17) is 9.47 Å². The van der Waals surface area contributed by atoms with Crippen LogP contribution in [0.1, 0.15) is 18.4 Å². The Hall–Kier alpha value is -2.34. The van der Waals surface area contributed by atoms with Crippen LogP contribution in [0.2, 0.25) is 0 Å². The number of hydrogen-bond acceptors (Lipinski definition) is 5. The van der Waals surface area contributed by atoms with Crippen molar-refractivity contribution in [2.24, 2.45) is 0 Å². The molecule has 128 valence electrons. The van der Waals surface area contributed by atoms with Crippen LogP contribution in [0, 0.1) is 5.82 Å². The molecule has 1 saturated carbocycles. The molecule has 0 spiro atoms. The Bertz CT molecular complexity index is 915. The van der Waals surface area contributed by atoms with Crippen molar-refractivity contribution in [3.8, 4) is 11.6 Å². The number of methoxy groups -OCH3 is 1. The maximum atomic E-state index is 14.0. The van der Waals surface area contributed by atoms with Gasteiger partial charge in [0.05, 0.1) is 18.0 Å². The van der Waals surface area contributed by atoms with Gasteiger partial charge in [-0.15, -0.1) is 11.8 Å². The van der Waals surface area contributed by atoms with Gasteiger partial charge in [0, 0.05) is 16.2 Å². The average Bonchev–Trinajstić information content (AvgIpc) is 3.44. The highest BCUT2D eigenvalue weighted by molar-refractivity contribution is 8.00. The second-order valence-corrected chi connectivity index (χ2v) is 7.31. The SMILES string of the molecule is COc1cc2ncnc(OCc3cccc(SC4CC4)c3)c2cc1F. The van der Waals surface area contributed by atoms with Crippen molar-refractivity contribution in [2.75, 3.05) is 7.11 Å². The maximum absolute atomic E-state index is 14.0. The average molecular weight is 356 g/mol. The lowest BCUT2D eigenvalue weighted by Crippen LogP contribution is -2.00. The number of thioether (sulfide) groups is 1. The molecule has 1 aliphatic carbocycles. The zero-order chi connectivity index (χ0) is 17.2. The van der Waals surface area contributed by atoms with Crippen LogP contribution in [-0.2, 0) is 6.61 Å². The fourth-order valence-corrected chi connectivity index (χ4v) is 3.68. The van der Waals surface area contributed by atoms with Crippen molar-refractivity contribution in [3.05, 3.63) is 54.1 Å². The Labute approximate surface area is 149 Å². The van der Waals surface area contributed by atoms with E-state index in [1.54, 1.807) is 6.07 Å². The van der Waals surface area contributed by atoms with Crippen molar-refractivity contribution in [2.45, 2.75) is 29.6 Å². The summed E-state index contributed by atoms with van der Waals surface area (Å²) in [6, 6.07) is 11.2. The highest BCUT2D eigenvalue weighted by atomic mass is 32.2. The van der Waals surface area contributed by atoms with Crippen LogP contribution in [0.25, 0.3) is 10.9 Å². The predicted molar refractivity (Wildman–Crippen MR) is 95.7 cm³/mol. The van der Waals surface area contributed by atoms with E-state index in [1.807, 2.05) is 23.9 Å². The summed E-state index contributed by atoms with van der Waals surface area (Å²) in [7, 11) is 1.43. The first-order valence-corrected chi connectivity index (χ1v) is 8.97. The molecule has 4 rings (SSSR count). The number of aromatic nitrogens is 2. The molecule has 0 N–H and O–H groups in total. The minimum absolute atomic E-state index is 0.155. The van der Waals surface area contributed by atoms with Crippen LogP contribution < -0.4 is 9.47 Å². The third kappa shape index (κ3) is 3.69. The number of ether oxygens (including phenoxy) is 2. The summed E-state index contributed by atoms with van der Waals surface area (Å²) < 4.78 is 24.8. The zero-order valence-corrected chi connectivity index (χ0v) is 14.6. The van der Waals surface area contributed by atoms with Crippen LogP contribution in [-0.4, -0.2) is 22.3 Å². The van der Waals surface area contributed by atoms with Crippen LogP contribution in [0.3, 0.4) is 0 Å². The Balaban J connectivity index is 1.55. The smallest absolute Gasteiger partial charge is 0.224 e. The summed E-state index contributed by atoms with van der Waals surface area (Å²) in [5.41, 5.74) is 1.65. The predicted octanol–water partition coefficient (Wildman–Crippen LogP) is 4.61. The quantitative estimate of drug-likeness (QED) is 0.645. The summed E-state index contributed by atoms with van der Waals surface area (Å²) in [6.07, 6.45) is 4.01. The Kier molecular flexibility index (Phi) is 4.44. The molecule has 0 aliphatic heterocycles. The van der Waals surface area contributed by atoms with E-state index in [0.29, 0.717) is 23.4 Å². The fourth-order valence-electron chi connectivity index (χ4n) is 2.54. The Morgan fingerprint density at radius 3 is 2.88 bits per heavy atom. The summed E-state index contributed by atoms with van der Waals surface area (Å²) in [5, 5.41) is 1.30. The molecule has 1 heterocycles. The van der Waals surface area contributed by atoms with E-state index in [2.05, 4.69) is 22.1 Å². The lowest BCUT2D eigenvalue weighted by Gasteiger charge is -2.10. The molecule has 1 aromatic heterocycles. The van der Waals surface area contributed by atoms with E-state index < -0.39 is 5.82 Å². The molecule has 2 aromatic carbocycles. The van der Waals surface area contributed by atoms with Crippen LogP contribution in [0.4, 0.5) is 4.39 Å². The molecule has 0 saturated heterocycles.